The molecule has 2 fully saturated rings. The Hall–Kier alpha value is -1.63. The van der Waals surface area contributed by atoms with E-state index in [9.17, 15) is 9.59 Å². The molecule has 5 rings (SSSR count). The molecule has 132 valence electrons. The minimum atomic E-state index is -1.00. The van der Waals surface area contributed by atoms with Crippen molar-refractivity contribution in [3.05, 3.63) is 45.0 Å². The van der Waals surface area contributed by atoms with Crippen LogP contribution in [-0.2, 0) is 20.8 Å². The number of halogens is 1. The maximum atomic E-state index is 12.3. The van der Waals surface area contributed by atoms with E-state index in [4.69, 9.17) is 21.1 Å². The summed E-state index contributed by atoms with van der Waals surface area (Å²) >= 11 is 6.39. The Bertz CT molecular complexity index is 840. The summed E-state index contributed by atoms with van der Waals surface area (Å²) in [6, 6.07) is 5.47. The number of carbonyl (C=O) groups excluding carboxylic acids is 1. The summed E-state index contributed by atoms with van der Waals surface area (Å²) in [7, 11) is 0. The summed E-state index contributed by atoms with van der Waals surface area (Å²) in [6.45, 7) is 3.12. The van der Waals surface area contributed by atoms with E-state index in [0.717, 1.165) is 18.7 Å². The summed E-state index contributed by atoms with van der Waals surface area (Å²) in [6.07, 6.45) is 1.20. The lowest BCUT2D eigenvalue weighted by molar-refractivity contribution is -0.149. The van der Waals surface area contributed by atoms with Crippen LogP contribution in [0.2, 0.25) is 0 Å². The standard InChI is InChI=1S/C18H19ClN2O4/c19-16-14(22)7-18(24-4-5-25-18)17(16)20-8-11-6-12(10-20)13-2-1-3-15(23)21(13)9-11/h1-3,11-12H,4-10H2/t11-,12?/m0/s1. The summed E-state index contributed by atoms with van der Waals surface area (Å²) in [5.41, 5.74) is 1.82. The predicted molar refractivity (Wildman–Crippen MR) is 90.3 cm³/mol. The van der Waals surface area contributed by atoms with E-state index >= 15 is 0 Å². The summed E-state index contributed by atoms with van der Waals surface area (Å²) < 4.78 is 13.6. The van der Waals surface area contributed by atoms with Crippen LogP contribution in [0.1, 0.15) is 24.5 Å². The van der Waals surface area contributed by atoms with Crippen LogP contribution >= 0.6 is 11.6 Å². The molecule has 0 saturated carbocycles. The van der Waals surface area contributed by atoms with Crippen LogP contribution < -0.4 is 5.56 Å². The fourth-order valence-electron chi connectivity index (χ4n) is 4.82. The number of ketones is 1. The highest BCUT2D eigenvalue weighted by Gasteiger charge is 2.53. The van der Waals surface area contributed by atoms with Gasteiger partial charge in [-0.15, -0.1) is 0 Å². The van der Waals surface area contributed by atoms with E-state index in [1.807, 2.05) is 16.7 Å². The molecule has 4 heterocycles. The van der Waals surface area contributed by atoms with E-state index in [-0.39, 0.29) is 28.7 Å². The molecule has 2 bridgehead atoms. The number of carbonyl (C=O) groups is 1. The molecule has 2 atom stereocenters. The quantitative estimate of drug-likeness (QED) is 0.756. The van der Waals surface area contributed by atoms with Crippen molar-refractivity contribution < 1.29 is 14.3 Å². The highest BCUT2D eigenvalue weighted by molar-refractivity contribution is 6.44. The molecule has 0 N–H and O–H groups in total. The smallest absolute Gasteiger partial charge is 0.250 e. The van der Waals surface area contributed by atoms with Gasteiger partial charge in [-0.3, -0.25) is 9.59 Å². The second kappa shape index (κ2) is 5.43. The van der Waals surface area contributed by atoms with Gasteiger partial charge < -0.3 is 18.9 Å². The van der Waals surface area contributed by atoms with Crippen LogP contribution in [0.15, 0.2) is 33.7 Å². The van der Waals surface area contributed by atoms with E-state index < -0.39 is 5.79 Å². The average Bonchev–Trinajstić information content (AvgIpc) is 3.14. The molecule has 2 saturated heterocycles. The maximum absolute atomic E-state index is 12.3. The largest absolute Gasteiger partial charge is 0.368 e. The highest BCUT2D eigenvalue weighted by Crippen LogP contribution is 2.46. The van der Waals surface area contributed by atoms with E-state index in [1.54, 1.807) is 6.07 Å². The predicted octanol–water partition coefficient (Wildman–Crippen LogP) is 1.43. The lowest BCUT2D eigenvalue weighted by Gasteiger charge is -2.46. The number of allylic oxidation sites excluding steroid dienone is 1. The van der Waals surface area contributed by atoms with Crippen molar-refractivity contribution >= 4 is 17.4 Å². The lowest BCUT2D eigenvalue weighted by Crippen LogP contribution is -2.50. The molecule has 1 aromatic rings. The summed E-state index contributed by atoms with van der Waals surface area (Å²) in [5, 5.41) is 0.243. The lowest BCUT2D eigenvalue weighted by atomic mass is 9.82. The van der Waals surface area contributed by atoms with E-state index in [1.165, 1.54) is 0 Å². The van der Waals surface area contributed by atoms with Crippen LogP contribution in [-0.4, -0.2) is 47.3 Å². The van der Waals surface area contributed by atoms with Gasteiger partial charge in [0.25, 0.3) is 5.56 Å². The number of Topliss-reactive ketones (excluding diaryl/α,β-unsaturated/α-hetero) is 1. The zero-order chi connectivity index (χ0) is 17.2. The fourth-order valence-corrected chi connectivity index (χ4v) is 5.15. The normalized spacial score (nSPS) is 30.3. The Morgan fingerprint density at radius 1 is 1.12 bits per heavy atom. The molecule has 0 aromatic carbocycles. The van der Waals surface area contributed by atoms with E-state index in [2.05, 4.69) is 4.90 Å². The van der Waals surface area contributed by atoms with E-state index in [0.29, 0.717) is 37.9 Å². The monoisotopic (exact) mass is 362 g/mol. The first-order valence-electron chi connectivity index (χ1n) is 8.73. The number of hydrogen-bond acceptors (Lipinski definition) is 5. The Balaban J connectivity index is 1.53. The molecule has 1 aromatic heterocycles. The molecule has 25 heavy (non-hydrogen) atoms. The van der Waals surface area contributed by atoms with Gasteiger partial charge in [0.15, 0.2) is 5.78 Å². The molecule has 3 aliphatic heterocycles. The first kappa shape index (κ1) is 15.6. The van der Waals surface area contributed by atoms with Crippen molar-refractivity contribution in [1.29, 1.82) is 0 Å². The van der Waals surface area contributed by atoms with Crippen LogP contribution in [0, 0.1) is 5.92 Å². The molecule has 1 spiro atoms. The van der Waals surface area contributed by atoms with Gasteiger partial charge in [-0.2, -0.15) is 0 Å². The van der Waals surface area contributed by atoms with Crippen molar-refractivity contribution in [2.75, 3.05) is 26.3 Å². The maximum Gasteiger partial charge on any atom is 0.250 e. The highest BCUT2D eigenvalue weighted by atomic mass is 35.5. The zero-order valence-electron chi connectivity index (χ0n) is 13.7. The van der Waals surface area contributed by atoms with Crippen molar-refractivity contribution in [1.82, 2.24) is 9.47 Å². The number of fused-ring (bicyclic) bond motifs is 4. The Kier molecular flexibility index (Phi) is 3.39. The molecule has 1 unspecified atom stereocenters. The molecule has 7 heteroatoms. The number of rotatable bonds is 1. The molecular weight excluding hydrogens is 344 g/mol. The molecular formula is C18H19ClN2O4. The van der Waals surface area contributed by atoms with Gasteiger partial charge in [0.2, 0.25) is 5.79 Å². The Morgan fingerprint density at radius 2 is 1.92 bits per heavy atom. The number of hydrogen-bond donors (Lipinski definition) is 0. The average molecular weight is 363 g/mol. The SMILES string of the molecule is O=C1CC2(OCCO2)C(N2CC3C[C@@H](C2)Cn2c3cccc2=O)=C1Cl. The van der Waals surface area contributed by atoms with Gasteiger partial charge in [0.05, 0.1) is 25.3 Å². The number of pyridine rings is 1. The zero-order valence-corrected chi connectivity index (χ0v) is 14.5. The number of ether oxygens (including phenoxy) is 2. The molecule has 0 radical (unpaired) electrons. The van der Waals surface area contributed by atoms with Crippen LogP contribution in [0.25, 0.3) is 0 Å². The minimum absolute atomic E-state index is 0.0628. The number of likely N-dealkylation sites (tertiary alicyclic amines) is 1. The fraction of sp³-hybridized carbons (Fsp3) is 0.556. The topological polar surface area (TPSA) is 60.8 Å². The number of aromatic nitrogens is 1. The summed E-state index contributed by atoms with van der Waals surface area (Å²) in [5.74, 6) is -0.535. The Labute approximate surface area is 150 Å². The molecule has 1 aliphatic carbocycles. The third-order valence-corrected chi connectivity index (χ3v) is 6.15. The number of piperidine rings is 1. The van der Waals surface area contributed by atoms with Crippen LogP contribution in [0.5, 0.6) is 0 Å². The second-order valence-electron chi connectivity index (χ2n) is 7.32. The first-order valence-corrected chi connectivity index (χ1v) is 9.11. The second-order valence-corrected chi connectivity index (χ2v) is 7.69. The van der Waals surface area contributed by atoms with Crippen molar-refractivity contribution in [3.8, 4) is 0 Å². The van der Waals surface area contributed by atoms with Gasteiger partial charge in [0.1, 0.15) is 5.03 Å². The van der Waals surface area contributed by atoms with Gasteiger partial charge >= 0.3 is 0 Å². The third kappa shape index (κ3) is 2.24. The van der Waals surface area contributed by atoms with Gasteiger partial charge in [-0.25, -0.2) is 0 Å². The molecule has 0 amide bonds. The van der Waals surface area contributed by atoms with Gasteiger partial charge in [-0.1, -0.05) is 17.7 Å². The van der Waals surface area contributed by atoms with Crippen molar-refractivity contribution in [2.24, 2.45) is 5.92 Å². The third-order valence-electron chi connectivity index (χ3n) is 5.76. The van der Waals surface area contributed by atoms with Gasteiger partial charge in [0, 0.05) is 37.3 Å². The van der Waals surface area contributed by atoms with Gasteiger partial charge in [-0.05, 0) is 18.4 Å². The molecule has 4 aliphatic rings. The van der Waals surface area contributed by atoms with Crippen molar-refractivity contribution in [2.45, 2.75) is 31.1 Å². The minimum Gasteiger partial charge on any atom is -0.368 e. The van der Waals surface area contributed by atoms with Crippen molar-refractivity contribution in [3.63, 3.8) is 0 Å². The van der Waals surface area contributed by atoms with Crippen LogP contribution in [0.4, 0.5) is 0 Å². The Morgan fingerprint density at radius 3 is 2.72 bits per heavy atom. The first-order chi connectivity index (χ1) is 12.1. The number of nitrogens with zero attached hydrogens (tertiary/aromatic N) is 2. The summed E-state index contributed by atoms with van der Waals surface area (Å²) in [4.78, 5) is 26.6. The molecule has 6 nitrogen and oxygen atoms in total. The van der Waals surface area contributed by atoms with Crippen LogP contribution in [0.3, 0.4) is 0 Å².